The molecule has 0 unspecified atom stereocenters. The fourth-order valence-corrected chi connectivity index (χ4v) is 4.59. The Balaban J connectivity index is 1.69. The molecule has 0 atom stereocenters. The zero-order valence-electron chi connectivity index (χ0n) is 19.9. The number of hydrogen-bond acceptors (Lipinski definition) is 9. The maximum absolute atomic E-state index is 14.0. The summed E-state index contributed by atoms with van der Waals surface area (Å²) in [7, 11) is 3.01. The minimum Gasteiger partial charge on any atom is -0.494 e. The van der Waals surface area contributed by atoms with Gasteiger partial charge < -0.3 is 23.6 Å². The monoisotopic (exact) mass is 491 g/mol. The Morgan fingerprint density at radius 2 is 1.75 bits per heavy atom. The second-order valence-corrected chi connectivity index (χ2v) is 8.47. The van der Waals surface area contributed by atoms with Crippen LogP contribution in [-0.2, 0) is 6.54 Å². The first kappa shape index (κ1) is 23.3. The minimum atomic E-state index is -0.598. The number of rotatable bonds is 7. The normalized spacial score (nSPS) is 13.7. The number of benzene rings is 1. The summed E-state index contributed by atoms with van der Waals surface area (Å²) in [5, 5.41) is 18.8. The zero-order valence-corrected chi connectivity index (χ0v) is 19.9. The predicted molar refractivity (Wildman–Crippen MR) is 129 cm³/mol. The van der Waals surface area contributed by atoms with Gasteiger partial charge in [-0.2, -0.15) is 4.98 Å². The lowest BCUT2D eigenvalue weighted by atomic mass is 10.1. The molecule has 11 heteroatoms. The molecular weight excluding hydrogens is 466 g/mol. The zero-order chi connectivity index (χ0) is 25.2. The van der Waals surface area contributed by atoms with E-state index in [0.717, 1.165) is 25.7 Å². The Morgan fingerprint density at radius 3 is 2.42 bits per heavy atom. The van der Waals surface area contributed by atoms with Crippen molar-refractivity contribution in [2.45, 2.75) is 38.1 Å². The second-order valence-electron chi connectivity index (χ2n) is 8.47. The standard InChI is InChI=1S/C25H25N5O6/c1-34-16-10-7-11-17(35-2)21(16)30-22(15-8-3-4-9-15)26-23(32)20(25(30)33)24-28-27-18(36-24)14-29-13-6-5-12-19(29)31/h5-7,10-13,15,32H,3-4,8-9,14H2,1-2H3. The van der Waals surface area contributed by atoms with Gasteiger partial charge in [0, 0.05) is 18.2 Å². The van der Waals surface area contributed by atoms with Gasteiger partial charge in [-0.1, -0.05) is 25.0 Å². The van der Waals surface area contributed by atoms with Crippen LogP contribution in [-0.4, -0.2) is 43.6 Å². The first-order valence-electron chi connectivity index (χ1n) is 11.6. The molecule has 3 heterocycles. The van der Waals surface area contributed by atoms with Crippen LogP contribution in [0.25, 0.3) is 17.1 Å². The number of ether oxygens (including phenoxy) is 2. The van der Waals surface area contributed by atoms with Crippen molar-refractivity contribution >= 4 is 0 Å². The predicted octanol–water partition coefficient (Wildman–Crippen LogP) is 2.87. The lowest BCUT2D eigenvalue weighted by Crippen LogP contribution is -2.27. The molecule has 0 spiro atoms. The molecule has 4 aromatic rings. The molecule has 1 saturated carbocycles. The fourth-order valence-electron chi connectivity index (χ4n) is 4.59. The van der Waals surface area contributed by atoms with Gasteiger partial charge in [0.25, 0.3) is 17.0 Å². The van der Waals surface area contributed by atoms with Crippen LogP contribution in [0, 0.1) is 0 Å². The molecule has 11 nitrogen and oxygen atoms in total. The number of hydrogen-bond donors (Lipinski definition) is 1. The Kier molecular flexibility index (Phi) is 6.28. The maximum atomic E-state index is 14.0. The fraction of sp³-hybridized carbons (Fsp3) is 0.320. The van der Waals surface area contributed by atoms with Crippen molar-refractivity contribution in [3.63, 3.8) is 0 Å². The smallest absolute Gasteiger partial charge is 0.275 e. The van der Waals surface area contributed by atoms with Gasteiger partial charge in [-0.3, -0.25) is 14.2 Å². The van der Waals surface area contributed by atoms with Crippen LogP contribution < -0.4 is 20.6 Å². The molecule has 0 aliphatic heterocycles. The van der Waals surface area contributed by atoms with Gasteiger partial charge in [0.05, 0.1) is 14.2 Å². The Bertz CT molecular complexity index is 1490. The minimum absolute atomic E-state index is 0.00947. The van der Waals surface area contributed by atoms with Crippen LogP contribution in [0.5, 0.6) is 17.4 Å². The van der Waals surface area contributed by atoms with Gasteiger partial charge in [0.1, 0.15) is 29.6 Å². The summed E-state index contributed by atoms with van der Waals surface area (Å²) >= 11 is 0. The quantitative estimate of drug-likeness (QED) is 0.414. The van der Waals surface area contributed by atoms with E-state index in [1.807, 2.05) is 0 Å². The highest BCUT2D eigenvalue weighted by molar-refractivity contribution is 5.63. The van der Waals surface area contributed by atoms with Gasteiger partial charge >= 0.3 is 0 Å². The number of para-hydroxylation sites is 1. The van der Waals surface area contributed by atoms with Gasteiger partial charge in [0.2, 0.25) is 11.8 Å². The third-order valence-electron chi connectivity index (χ3n) is 6.32. The summed E-state index contributed by atoms with van der Waals surface area (Å²) in [5.41, 5.74) is -0.713. The molecule has 0 saturated heterocycles. The van der Waals surface area contributed by atoms with E-state index in [4.69, 9.17) is 13.9 Å². The summed E-state index contributed by atoms with van der Waals surface area (Å²) < 4.78 is 19.6. The Labute approximate surface area is 205 Å². The van der Waals surface area contributed by atoms with E-state index in [9.17, 15) is 14.7 Å². The number of nitrogens with zero attached hydrogens (tertiary/aromatic N) is 5. The molecule has 1 aliphatic rings. The Hall–Kier alpha value is -4.41. The van der Waals surface area contributed by atoms with Gasteiger partial charge in [-0.05, 0) is 31.0 Å². The van der Waals surface area contributed by atoms with Crippen LogP contribution in [0.15, 0.2) is 56.6 Å². The number of aromatic hydroxyl groups is 1. The van der Waals surface area contributed by atoms with Crippen LogP contribution in [0.3, 0.4) is 0 Å². The lowest BCUT2D eigenvalue weighted by Gasteiger charge is -2.21. The summed E-state index contributed by atoms with van der Waals surface area (Å²) in [4.78, 5) is 30.5. The van der Waals surface area contributed by atoms with E-state index in [1.165, 1.54) is 29.4 Å². The van der Waals surface area contributed by atoms with Crippen molar-refractivity contribution in [2.75, 3.05) is 14.2 Å². The summed E-state index contributed by atoms with van der Waals surface area (Å²) in [6.45, 7) is 0.00947. The molecule has 0 bridgehead atoms. The topological polar surface area (TPSA) is 134 Å². The third-order valence-corrected chi connectivity index (χ3v) is 6.32. The van der Waals surface area contributed by atoms with Crippen molar-refractivity contribution < 1.29 is 19.0 Å². The molecule has 1 N–H and O–H groups in total. The van der Waals surface area contributed by atoms with Gasteiger partial charge in [-0.25, -0.2) is 0 Å². The SMILES string of the molecule is COc1cccc(OC)c1-n1c(C2CCCC2)nc(O)c(-c2nnc(Cn3ccccc3=O)o2)c1=O. The molecule has 36 heavy (non-hydrogen) atoms. The summed E-state index contributed by atoms with van der Waals surface area (Å²) in [5.74, 6) is 0.585. The molecule has 186 valence electrons. The van der Waals surface area contributed by atoms with E-state index in [2.05, 4.69) is 15.2 Å². The van der Waals surface area contributed by atoms with Crippen molar-refractivity contribution in [1.82, 2.24) is 24.3 Å². The molecule has 1 aromatic carbocycles. The van der Waals surface area contributed by atoms with E-state index in [-0.39, 0.29) is 35.4 Å². The number of pyridine rings is 1. The molecule has 3 aromatic heterocycles. The summed E-state index contributed by atoms with van der Waals surface area (Å²) in [6.07, 6.45) is 5.25. The third kappa shape index (κ3) is 4.12. The van der Waals surface area contributed by atoms with Crippen molar-refractivity contribution in [3.05, 3.63) is 75.0 Å². The highest BCUT2D eigenvalue weighted by atomic mass is 16.5. The van der Waals surface area contributed by atoms with Crippen LogP contribution >= 0.6 is 0 Å². The number of methoxy groups -OCH3 is 2. The highest BCUT2D eigenvalue weighted by Gasteiger charge is 2.31. The van der Waals surface area contributed by atoms with E-state index in [1.54, 1.807) is 36.5 Å². The molecule has 0 radical (unpaired) electrons. The number of aromatic nitrogens is 5. The average molecular weight is 492 g/mol. The van der Waals surface area contributed by atoms with Crippen LogP contribution in [0.4, 0.5) is 0 Å². The van der Waals surface area contributed by atoms with Gasteiger partial charge in [0.15, 0.2) is 5.56 Å². The highest BCUT2D eigenvalue weighted by Crippen LogP contribution is 2.39. The molecule has 1 aliphatic carbocycles. The van der Waals surface area contributed by atoms with E-state index >= 15 is 0 Å². The van der Waals surface area contributed by atoms with Crippen LogP contribution in [0.2, 0.25) is 0 Å². The lowest BCUT2D eigenvalue weighted by molar-refractivity contribution is 0.387. The molecule has 5 rings (SSSR count). The van der Waals surface area contributed by atoms with Gasteiger partial charge in [-0.15, -0.1) is 10.2 Å². The molecular formula is C25H25N5O6. The van der Waals surface area contributed by atoms with Crippen molar-refractivity contribution in [2.24, 2.45) is 0 Å². The van der Waals surface area contributed by atoms with Crippen LogP contribution in [0.1, 0.15) is 43.3 Å². The first-order chi connectivity index (χ1) is 17.5. The largest absolute Gasteiger partial charge is 0.494 e. The average Bonchev–Trinajstić information content (AvgIpc) is 3.58. The van der Waals surface area contributed by atoms with E-state index in [0.29, 0.717) is 23.0 Å². The first-order valence-corrected chi connectivity index (χ1v) is 11.6. The molecule has 0 amide bonds. The second kappa shape index (κ2) is 9.68. The Morgan fingerprint density at radius 1 is 1.03 bits per heavy atom. The van der Waals surface area contributed by atoms with Crippen molar-refractivity contribution in [3.8, 4) is 34.5 Å². The van der Waals surface area contributed by atoms with E-state index < -0.39 is 11.4 Å². The molecule has 1 fully saturated rings. The van der Waals surface area contributed by atoms with Crippen molar-refractivity contribution in [1.29, 1.82) is 0 Å². The maximum Gasteiger partial charge on any atom is 0.275 e. The summed E-state index contributed by atoms with van der Waals surface area (Å²) in [6, 6.07) is 9.94.